The van der Waals surface area contributed by atoms with Gasteiger partial charge < -0.3 is 0 Å². The van der Waals surface area contributed by atoms with Gasteiger partial charge in [-0.2, -0.15) is 0 Å². The molecule has 1 aliphatic rings. The number of aryl methyl sites for hydroxylation is 1. The molecule has 0 fully saturated rings. The summed E-state index contributed by atoms with van der Waals surface area (Å²) in [6.07, 6.45) is 3.19. The second-order valence-electron chi connectivity index (χ2n) is 9.51. The number of benzene rings is 1. The lowest BCUT2D eigenvalue weighted by Gasteiger charge is -2.33. The fraction of sp³-hybridized carbons (Fsp3) is 0.440. The molecule has 3 nitrogen and oxygen atoms in total. The third-order valence-corrected chi connectivity index (χ3v) is 8.34. The van der Waals surface area contributed by atoms with E-state index in [4.69, 9.17) is 4.98 Å². The number of thiophene rings is 1. The first-order chi connectivity index (χ1) is 14.2. The first-order valence-corrected chi connectivity index (χ1v) is 12.4. The van der Waals surface area contributed by atoms with Crippen molar-refractivity contribution in [2.75, 3.05) is 5.75 Å². The van der Waals surface area contributed by atoms with Crippen LogP contribution in [0.25, 0.3) is 10.2 Å². The summed E-state index contributed by atoms with van der Waals surface area (Å²) in [5, 5.41) is 1.66. The second-order valence-corrected chi connectivity index (χ2v) is 11.5. The Kier molecular flexibility index (Phi) is 5.95. The smallest absolute Gasteiger partial charge is 0.263 e. The van der Waals surface area contributed by atoms with Gasteiger partial charge in [-0.05, 0) is 48.6 Å². The normalized spacial score (nSPS) is 16.6. The topological polar surface area (TPSA) is 34.9 Å². The number of nitrogens with zero attached hydrogens (tertiary/aromatic N) is 2. The van der Waals surface area contributed by atoms with Gasteiger partial charge in [-0.1, -0.05) is 75.0 Å². The third-order valence-electron chi connectivity index (χ3n) is 5.99. The molecule has 1 aliphatic carbocycles. The minimum absolute atomic E-state index is 0.111. The molecule has 158 valence electrons. The molecule has 3 aromatic rings. The number of fused-ring (bicyclic) bond motifs is 3. The van der Waals surface area contributed by atoms with Crippen LogP contribution in [-0.4, -0.2) is 15.3 Å². The second kappa shape index (κ2) is 8.35. The summed E-state index contributed by atoms with van der Waals surface area (Å²) in [7, 11) is 0. The van der Waals surface area contributed by atoms with Crippen LogP contribution in [0.15, 0.2) is 52.4 Å². The quantitative estimate of drug-likeness (QED) is 0.265. The lowest BCUT2D eigenvalue weighted by atomic mass is 9.72. The van der Waals surface area contributed by atoms with Gasteiger partial charge in [0.25, 0.3) is 5.56 Å². The molecule has 5 heteroatoms. The van der Waals surface area contributed by atoms with Crippen LogP contribution in [0.1, 0.15) is 50.1 Å². The molecule has 0 saturated heterocycles. The van der Waals surface area contributed by atoms with Crippen molar-refractivity contribution in [3.05, 3.63) is 68.8 Å². The average Bonchev–Trinajstić information content (AvgIpc) is 3.06. The zero-order valence-corrected chi connectivity index (χ0v) is 20.0. The highest BCUT2D eigenvalue weighted by molar-refractivity contribution is 7.99. The van der Waals surface area contributed by atoms with Gasteiger partial charge in [0.05, 0.1) is 11.9 Å². The number of hydrogen-bond acceptors (Lipinski definition) is 4. The minimum Gasteiger partial charge on any atom is -0.283 e. The van der Waals surface area contributed by atoms with Gasteiger partial charge in [0.1, 0.15) is 4.83 Å². The molecule has 1 aromatic carbocycles. The van der Waals surface area contributed by atoms with Gasteiger partial charge in [0, 0.05) is 10.6 Å². The Bertz CT molecular complexity index is 1140. The maximum atomic E-state index is 13.7. The number of aromatic nitrogens is 2. The fourth-order valence-electron chi connectivity index (χ4n) is 4.18. The van der Waals surface area contributed by atoms with Crippen LogP contribution in [0.5, 0.6) is 0 Å². The lowest BCUT2D eigenvalue weighted by molar-refractivity contribution is 0.218. The zero-order valence-electron chi connectivity index (χ0n) is 18.3. The van der Waals surface area contributed by atoms with Crippen LogP contribution >= 0.6 is 23.1 Å². The zero-order chi connectivity index (χ0) is 21.5. The van der Waals surface area contributed by atoms with Crippen LogP contribution in [0, 0.1) is 11.3 Å². The van der Waals surface area contributed by atoms with E-state index in [-0.39, 0.29) is 11.0 Å². The van der Waals surface area contributed by atoms with Crippen molar-refractivity contribution < 1.29 is 0 Å². The third kappa shape index (κ3) is 4.28. The summed E-state index contributed by atoms with van der Waals surface area (Å²) >= 11 is 3.35. The van der Waals surface area contributed by atoms with Gasteiger partial charge in [-0.3, -0.25) is 9.36 Å². The molecule has 0 unspecified atom stereocenters. The molecular weight excluding hydrogens is 408 g/mol. The monoisotopic (exact) mass is 438 g/mol. The molecular formula is C25H30N2OS2. The summed E-state index contributed by atoms with van der Waals surface area (Å²) in [5.41, 5.74) is 3.86. The number of thioether (sulfide) groups is 1. The fourth-order valence-corrected chi connectivity index (χ4v) is 6.36. The summed E-state index contributed by atoms with van der Waals surface area (Å²) in [5.74, 6) is 1.42. The highest BCUT2D eigenvalue weighted by Gasteiger charge is 2.32. The molecule has 0 spiro atoms. The Balaban J connectivity index is 1.82. The summed E-state index contributed by atoms with van der Waals surface area (Å²) in [6, 6.07) is 10.2. The highest BCUT2D eigenvalue weighted by Crippen LogP contribution is 2.42. The molecule has 0 aliphatic heterocycles. The van der Waals surface area contributed by atoms with E-state index < -0.39 is 0 Å². The molecule has 0 amide bonds. The van der Waals surface area contributed by atoms with Crippen LogP contribution in [-0.2, 0) is 19.4 Å². The number of hydrogen-bond donors (Lipinski definition) is 0. The van der Waals surface area contributed by atoms with E-state index in [0.29, 0.717) is 12.5 Å². The van der Waals surface area contributed by atoms with E-state index in [9.17, 15) is 4.79 Å². The van der Waals surface area contributed by atoms with Crippen molar-refractivity contribution >= 4 is 33.3 Å². The van der Waals surface area contributed by atoms with Crippen LogP contribution in [0.3, 0.4) is 0 Å². The van der Waals surface area contributed by atoms with Crippen LogP contribution < -0.4 is 5.56 Å². The molecule has 4 rings (SSSR count). The van der Waals surface area contributed by atoms with Gasteiger partial charge in [-0.15, -0.1) is 11.3 Å². The van der Waals surface area contributed by atoms with Crippen molar-refractivity contribution in [3.63, 3.8) is 0 Å². The Morgan fingerprint density at radius 2 is 2.03 bits per heavy atom. The minimum atomic E-state index is 0.111. The summed E-state index contributed by atoms with van der Waals surface area (Å²) in [4.78, 5) is 21.0. The predicted octanol–water partition coefficient (Wildman–Crippen LogP) is 6.33. The lowest BCUT2D eigenvalue weighted by Crippen LogP contribution is -2.27. The standard InChI is InChI=1S/C25H30N2OS2/c1-16(2)15-29-24-26-22-21(23(28)27(24)14-17-9-7-6-8-10-17)19-12-11-18(25(3,4)5)13-20(19)30-22/h6-10,18H,1,11-15H2,2-5H3/t18-/m1/s1. The molecule has 0 radical (unpaired) electrons. The highest BCUT2D eigenvalue weighted by atomic mass is 32.2. The first-order valence-electron chi connectivity index (χ1n) is 10.6. The van der Waals surface area contributed by atoms with Gasteiger partial charge in [-0.25, -0.2) is 4.98 Å². The molecule has 30 heavy (non-hydrogen) atoms. The van der Waals surface area contributed by atoms with E-state index in [1.165, 1.54) is 10.4 Å². The van der Waals surface area contributed by atoms with Crippen molar-refractivity contribution in [1.29, 1.82) is 0 Å². The largest absolute Gasteiger partial charge is 0.283 e. The summed E-state index contributed by atoms with van der Waals surface area (Å²) < 4.78 is 1.87. The molecule has 1 atom stereocenters. The van der Waals surface area contributed by atoms with Gasteiger partial charge >= 0.3 is 0 Å². The maximum Gasteiger partial charge on any atom is 0.263 e. The molecule has 2 heterocycles. The first kappa shape index (κ1) is 21.4. The molecule has 0 saturated carbocycles. The Labute approximate surface area is 187 Å². The Morgan fingerprint density at radius 1 is 1.30 bits per heavy atom. The van der Waals surface area contributed by atoms with Crippen molar-refractivity contribution in [2.45, 2.75) is 58.7 Å². The van der Waals surface area contributed by atoms with Gasteiger partial charge in [0.2, 0.25) is 0 Å². The predicted molar refractivity (Wildman–Crippen MR) is 130 cm³/mol. The van der Waals surface area contributed by atoms with Crippen LogP contribution in [0.2, 0.25) is 0 Å². The average molecular weight is 439 g/mol. The van der Waals surface area contributed by atoms with E-state index in [1.807, 2.05) is 29.7 Å². The molecule has 0 N–H and O–H groups in total. The molecule has 2 aromatic heterocycles. The summed E-state index contributed by atoms with van der Waals surface area (Å²) in [6.45, 7) is 13.6. The maximum absolute atomic E-state index is 13.7. The Morgan fingerprint density at radius 3 is 2.70 bits per heavy atom. The van der Waals surface area contributed by atoms with E-state index in [0.717, 1.165) is 51.5 Å². The molecule has 0 bridgehead atoms. The van der Waals surface area contributed by atoms with E-state index in [1.54, 1.807) is 23.1 Å². The Hall–Kier alpha value is -1.85. The van der Waals surface area contributed by atoms with Crippen molar-refractivity contribution in [2.24, 2.45) is 11.3 Å². The SMILES string of the molecule is C=C(C)CSc1nc2sc3c(c2c(=O)n1Cc1ccccc1)CC[C@@H](C(C)(C)C)C3. The van der Waals surface area contributed by atoms with Crippen molar-refractivity contribution in [1.82, 2.24) is 9.55 Å². The number of rotatable bonds is 5. The van der Waals surface area contributed by atoms with Crippen LogP contribution in [0.4, 0.5) is 0 Å². The van der Waals surface area contributed by atoms with E-state index in [2.05, 4.69) is 39.5 Å². The van der Waals surface area contributed by atoms with Crippen molar-refractivity contribution in [3.8, 4) is 0 Å². The van der Waals surface area contributed by atoms with E-state index >= 15 is 0 Å². The van der Waals surface area contributed by atoms with Gasteiger partial charge in [0.15, 0.2) is 5.16 Å².